The van der Waals surface area contributed by atoms with Crippen LogP contribution in [0, 0.1) is 6.92 Å². The lowest BCUT2D eigenvalue weighted by Gasteiger charge is -2.13. The summed E-state index contributed by atoms with van der Waals surface area (Å²) in [6.07, 6.45) is 8.63. The second kappa shape index (κ2) is 12.1. The molecule has 1 fully saturated rings. The lowest BCUT2D eigenvalue weighted by Crippen LogP contribution is -2.19. The fourth-order valence-corrected chi connectivity index (χ4v) is 7.44. The van der Waals surface area contributed by atoms with E-state index in [0.717, 1.165) is 58.5 Å². The molecule has 2 aromatic heterocycles. The van der Waals surface area contributed by atoms with Gasteiger partial charge in [0.05, 0.1) is 11.5 Å². The minimum atomic E-state index is -1.09. The number of carboxylic acid groups (broad SMARTS) is 1. The second-order valence-corrected chi connectivity index (χ2v) is 12.5. The fourth-order valence-electron chi connectivity index (χ4n) is 6.04. The number of thiazole rings is 1. The Morgan fingerprint density at radius 3 is 2.52 bits per heavy atom. The van der Waals surface area contributed by atoms with Gasteiger partial charge < -0.3 is 9.84 Å². The zero-order valence-corrected chi connectivity index (χ0v) is 25.1. The van der Waals surface area contributed by atoms with Gasteiger partial charge in [0.1, 0.15) is 10.6 Å². The molecule has 0 atom stereocenters. The molecule has 2 heterocycles. The number of rotatable bonds is 12. The number of nitrogens with zero attached hydrogens (tertiary/aromatic N) is 1. The molecule has 0 spiro atoms. The lowest BCUT2D eigenvalue weighted by molar-refractivity contribution is 0.0690. The number of carboxylic acids is 1. The van der Waals surface area contributed by atoms with Gasteiger partial charge in [-0.2, -0.15) is 0 Å². The van der Waals surface area contributed by atoms with E-state index in [0.29, 0.717) is 23.8 Å². The van der Waals surface area contributed by atoms with Gasteiger partial charge in [-0.15, -0.1) is 11.3 Å². The van der Waals surface area contributed by atoms with Crippen LogP contribution in [0.5, 0.6) is 5.75 Å². The standard InChI is InChI=1S/C36H37NO4S/c1-3-4-5-6-9-19-41-30-18-17-27(20-23(30)2)34-33(36(39)40)37-31(38)22-28(32(25-15-16-25)35(37)42-34)21-26-13-10-12-24-11-7-8-14-29(24)26/h7-8,10-14,17-18,20,22,25H,3-6,9,15-16,19,21H2,1-2H3,(H,39,40). The van der Waals surface area contributed by atoms with Crippen molar-refractivity contribution in [3.05, 3.63) is 105 Å². The van der Waals surface area contributed by atoms with Crippen LogP contribution in [0.2, 0.25) is 0 Å². The van der Waals surface area contributed by atoms with Crippen molar-refractivity contribution >= 4 is 32.9 Å². The molecule has 6 rings (SSSR count). The molecule has 5 nitrogen and oxygen atoms in total. The van der Waals surface area contributed by atoms with Gasteiger partial charge in [0.15, 0.2) is 5.69 Å². The summed E-state index contributed by atoms with van der Waals surface area (Å²) in [5, 5.41) is 12.7. The molecule has 0 amide bonds. The third kappa shape index (κ3) is 5.60. The molecule has 1 aliphatic rings. The topological polar surface area (TPSA) is 68.0 Å². The number of carbonyl (C=O) groups is 1. The highest BCUT2D eigenvalue weighted by atomic mass is 32.1. The lowest BCUT2D eigenvalue weighted by atomic mass is 9.95. The number of aromatic carboxylic acids is 1. The van der Waals surface area contributed by atoms with E-state index in [1.807, 2.05) is 37.3 Å². The summed E-state index contributed by atoms with van der Waals surface area (Å²) in [5.41, 5.74) is 4.81. The normalized spacial score (nSPS) is 13.2. The number of hydrogen-bond donors (Lipinski definition) is 1. The Morgan fingerprint density at radius 2 is 1.76 bits per heavy atom. The summed E-state index contributed by atoms with van der Waals surface area (Å²) in [5.74, 6) is 0.0703. The minimum Gasteiger partial charge on any atom is -0.493 e. The van der Waals surface area contributed by atoms with Crippen molar-refractivity contribution in [2.75, 3.05) is 6.61 Å². The van der Waals surface area contributed by atoms with Crippen molar-refractivity contribution in [2.45, 2.75) is 71.1 Å². The van der Waals surface area contributed by atoms with Crippen LogP contribution in [-0.2, 0) is 6.42 Å². The summed E-state index contributed by atoms with van der Waals surface area (Å²) < 4.78 is 7.50. The Hall–Kier alpha value is -3.90. The summed E-state index contributed by atoms with van der Waals surface area (Å²) >= 11 is 1.43. The van der Waals surface area contributed by atoms with E-state index in [-0.39, 0.29) is 11.3 Å². The Kier molecular flexibility index (Phi) is 8.16. The molecule has 216 valence electrons. The smallest absolute Gasteiger partial charge is 0.354 e. The molecule has 1 aliphatic carbocycles. The van der Waals surface area contributed by atoms with Crippen molar-refractivity contribution < 1.29 is 14.6 Å². The zero-order valence-electron chi connectivity index (χ0n) is 24.3. The van der Waals surface area contributed by atoms with Gasteiger partial charge in [-0.1, -0.05) is 75.1 Å². The number of benzene rings is 3. The molecule has 0 saturated heterocycles. The first kappa shape index (κ1) is 28.2. The van der Waals surface area contributed by atoms with E-state index in [1.54, 1.807) is 6.07 Å². The number of aryl methyl sites for hydroxylation is 1. The van der Waals surface area contributed by atoms with E-state index in [1.165, 1.54) is 51.3 Å². The van der Waals surface area contributed by atoms with E-state index in [9.17, 15) is 14.7 Å². The van der Waals surface area contributed by atoms with E-state index in [2.05, 4.69) is 37.3 Å². The van der Waals surface area contributed by atoms with Crippen molar-refractivity contribution in [1.29, 1.82) is 0 Å². The van der Waals surface area contributed by atoms with E-state index in [4.69, 9.17) is 4.74 Å². The molecule has 5 aromatic rings. The number of aromatic nitrogens is 1. The van der Waals surface area contributed by atoms with Crippen LogP contribution in [0.25, 0.3) is 26.0 Å². The van der Waals surface area contributed by atoms with Crippen molar-refractivity contribution in [1.82, 2.24) is 4.40 Å². The number of hydrogen-bond acceptors (Lipinski definition) is 4. The molecule has 0 bridgehead atoms. The highest BCUT2D eigenvalue weighted by Crippen LogP contribution is 2.47. The zero-order chi connectivity index (χ0) is 29.2. The average Bonchev–Trinajstić information content (AvgIpc) is 3.73. The van der Waals surface area contributed by atoms with Gasteiger partial charge in [-0.05, 0) is 95.3 Å². The molecule has 0 aliphatic heterocycles. The van der Waals surface area contributed by atoms with Gasteiger partial charge in [0, 0.05) is 6.07 Å². The maximum absolute atomic E-state index is 13.6. The molecular weight excluding hydrogens is 542 g/mol. The molecule has 0 unspecified atom stereocenters. The largest absolute Gasteiger partial charge is 0.493 e. The Balaban J connectivity index is 1.39. The molecule has 6 heteroatoms. The summed E-state index contributed by atoms with van der Waals surface area (Å²) in [4.78, 5) is 27.7. The van der Waals surface area contributed by atoms with Crippen LogP contribution < -0.4 is 10.3 Å². The van der Waals surface area contributed by atoms with Crippen LogP contribution in [0.4, 0.5) is 0 Å². The SMILES string of the molecule is CCCCCCCOc1ccc(-c2sc3c(C4CC4)c(Cc4cccc5ccccc45)cc(=O)n3c2C(=O)O)cc1C. The predicted molar refractivity (Wildman–Crippen MR) is 172 cm³/mol. The highest BCUT2D eigenvalue weighted by Gasteiger charge is 2.32. The fraction of sp³-hybridized carbons (Fsp3) is 0.333. The van der Waals surface area contributed by atoms with Gasteiger partial charge in [0.25, 0.3) is 5.56 Å². The van der Waals surface area contributed by atoms with Crippen molar-refractivity contribution in [2.24, 2.45) is 0 Å². The van der Waals surface area contributed by atoms with Crippen LogP contribution in [0.1, 0.15) is 90.5 Å². The van der Waals surface area contributed by atoms with Gasteiger partial charge >= 0.3 is 5.97 Å². The highest BCUT2D eigenvalue weighted by molar-refractivity contribution is 7.21. The molecule has 1 saturated carbocycles. The Bertz CT molecular complexity index is 1820. The third-order valence-corrected chi connectivity index (χ3v) is 9.56. The third-order valence-electron chi connectivity index (χ3n) is 8.33. The van der Waals surface area contributed by atoms with Gasteiger partial charge in [0.2, 0.25) is 0 Å². The first-order valence-electron chi connectivity index (χ1n) is 15.1. The average molecular weight is 580 g/mol. The van der Waals surface area contributed by atoms with Crippen LogP contribution in [0.3, 0.4) is 0 Å². The van der Waals surface area contributed by atoms with Crippen molar-refractivity contribution in [3.63, 3.8) is 0 Å². The van der Waals surface area contributed by atoms with Gasteiger partial charge in [-0.25, -0.2) is 4.79 Å². The second-order valence-electron chi connectivity index (χ2n) is 11.5. The number of fused-ring (bicyclic) bond motifs is 2. The van der Waals surface area contributed by atoms with Crippen LogP contribution in [0.15, 0.2) is 71.5 Å². The first-order valence-corrected chi connectivity index (χ1v) is 15.9. The maximum Gasteiger partial charge on any atom is 0.354 e. The molecular formula is C36H37NO4S. The Morgan fingerprint density at radius 1 is 0.976 bits per heavy atom. The molecule has 0 radical (unpaired) electrons. The predicted octanol–water partition coefficient (Wildman–Crippen LogP) is 9.01. The number of ether oxygens (including phenoxy) is 1. The molecule has 42 heavy (non-hydrogen) atoms. The summed E-state index contributed by atoms with van der Waals surface area (Å²) in [6.45, 7) is 4.88. The van der Waals surface area contributed by atoms with Crippen molar-refractivity contribution in [3.8, 4) is 16.2 Å². The summed E-state index contributed by atoms with van der Waals surface area (Å²) in [7, 11) is 0. The Labute approximate surface area is 250 Å². The van der Waals surface area contributed by atoms with Crippen LogP contribution >= 0.6 is 11.3 Å². The molecule has 1 N–H and O–H groups in total. The molecule has 3 aromatic carbocycles. The maximum atomic E-state index is 13.6. The number of unbranched alkanes of at least 4 members (excludes halogenated alkanes) is 4. The number of pyridine rings is 1. The van der Waals surface area contributed by atoms with E-state index >= 15 is 0 Å². The van der Waals surface area contributed by atoms with Crippen LogP contribution in [-0.4, -0.2) is 22.1 Å². The monoisotopic (exact) mass is 579 g/mol. The first-order chi connectivity index (χ1) is 20.5. The van der Waals surface area contributed by atoms with Gasteiger partial charge in [-0.3, -0.25) is 9.20 Å². The van der Waals surface area contributed by atoms with E-state index < -0.39 is 5.97 Å². The minimum absolute atomic E-state index is 0.0441. The summed E-state index contributed by atoms with van der Waals surface area (Å²) in [6, 6.07) is 22.1. The quantitative estimate of drug-likeness (QED) is 0.150.